The first kappa shape index (κ1) is 22.5. The number of para-hydroxylation sites is 1. The molecule has 8 nitrogen and oxygen atoms in total. The van der Waals surface area contributed by atoms with Crippen LogP contribution in [-0.2, 0) is 11.3 Å². The molecule has 1 saturated heterocycles. The molecule has 2 atom stereocenters. The van der Waals surface area contributed by atoms with Crippen LogP contribution in [0, 0.1) is 5.82 Å². The molecule has 0 saturated carbocycles. The lowest BCUT2D eigenvalue weighted by Gasteiger charge is -2.24. The van der Waals surface area contributed by atoms with Gasteiger partial charge in [-0.15, -0.1) is 0 Å². The predicted octanol–water partition coefficient (Wildman–Crippen LogP) is 3.62. The van der Waals surface area contributed by atoms with Gasteiger partial charge in [0.15, 0.2) is 0 Å². The van der Waals surface area contributed by atoms with Gasteiger partial charge in [0.2, 0.25) is 5.91 Å². The molecule has 0 radical (unpaired) electrons. The molecule has 1 aromatic heterocycles. The van der Waals surface area contributed by atoms with Crippen molar-refractivity contribution in [2.24, 2.45) is 5.73 Å². The molecule has 172 valence electrons. The number of hydrogen-bond donors (Lipinski definition) is 3. The second-order valence-corrected chi connectivity index (χ2v) is 8.04. The summed E-state index contributed by atoms with van der Waals surface area (Å²) in [4.78, 5) is 38.4. The summed E-state index contributed by atoms with van der Waals surface area (Å²) in [5, 5.41) is 5.64. The number of primary amides is 1. The predicted molar refractivity (Wildman–Crippen MR) is 119 cm³/mol. The SMILES string of the molecule is NC(=O)n1cc(NC(=O)N2C[C@H](F)C[C@H]2C(=O)NCc2cccc(Cl)c2F)c2ccccc21. The highest BCUT2D eigenvalue weighted by atomic mass is 35.5. The molecule has 4 N–H and O–H groups in total. The molecular weight excluding hydrogens is 456 g/mol. The van der Waals surface area contributed by atoms with Gasteiger partial charge < -0.3 is 21.3 Å². The van der Waals surface area contributed by atoms with Crippen molar-refractivity contribution in [3.05, 3.63) is 65.1 Å². The van der Waals surface area contributed by atoms with E-state index in [4.69, 9.17) is 17.3 Å². The number of nitrogens with zero attached hydrogens (tertiary/aromatic N) is 2. The first-order valence-electron chi connectivity index (χ1n) is 10.1. The summed E-state index contributed by atoms with van der Waals surface area (Å²) in [5.74, 6) is -1.28. The van der Waals surface area contributed by atoms with E-state index in [1.54, 1.807) is 30.3 Å². The zero-order valence-corrected chi connectivity index (χ0v) is 18.0. The van der Waals surface area contributed by atoms with E-state index in [-0.39, 0.29) is 35.8 Å². The van der Waals surface area contributed by atoms with Crippen LogP contribution in [0.5, 0.6) is 0 Å². The first-order valence-corrected chi connectivity index (χ1v) is 10.5. The van der Waals surface area contributed by atoms with Crippen molar-refractivity contribution in [1.82, 2.24) is 14.8 Å². The Labute approximate surface area is 192 Å². The largest absolute Gasteiger partial charge is 0.351 e. The number of aromatic nitrogens is 1. The van der Waals surface area contributed by atoms with Gasteiger partial charge in [-0.25, -0.2) is 18.4 Å². The highest BCUT2D eigenvalue weighted by Crippen LogP contribution is 2.28. The first-order chi connectivity index (χ1) is 15.8. The van der Waals surface area contributed by atoms with E-state index in [0.29, 0.717) is 10.9 Å². The van der Waals surface area contributed by atoms with E-state index >= 15 is 0 Å². The van der Waals surface area contributed by atoms with Crippen LogP contribution < -0.4 is 16.4 Å². The van der Waals surface area contributed by atoms with Crippen LogP contribution in [0.3, 0.4) is 0 Å². The zero-order valence-electron chi connectivity index (χ0n) is 17.2. The number of rotatable bonds is 4. The summed E-state index contributed by atoms with van der Waals surface area (Å²) in [5.41, 5.74) is 6.34. The molecule has 3 aromatic rings. The Morgan fingerprint density at radius 1 is 1.15 bits per heavy atom. The van der Waals surface area contributed by atoms with Gasteiger partial charge in [0, 0.05) is 30.1 Å². The molecule has 1 aliphatic rings. The van der Waals surface area contributed by atoms with Crippen LogP contribution in [-0.4, -0.2) is 46.2 Å². The molecule has 2 heterocycles. The number of amides is 4. The normalized spacial score (nSPS) is 17.8. The number of urea groups is 1. The molecule has 4 amide bonds. The standard InChI is InChI=1S/C22H20ClF2N5O3/c23-15-6-3-4-12(19(15)25)9-27-20(31)18-8-13(24)10-30(18)22(33)28-16-11-29(21(26)32)17-7-2-1-5-14(16)17/h1-7,11,13,18H,8-10H2,(H2,26,32)(H,27,31)(H,28,33)/t13-,18+/m1/s1. The number of hydrogen-bond acceptors (Lipinski definition) is 3. The zero-order chi connectivity index (χ0) is 23.7. The fraction of sp³-hybridized carbons (Fsp3) is 0.227. The van der Waals surface area contributed by atoms with Gasteiger partial charge in [0.05, 0.1) is 22.8 Å². The van der Waals surface area contributed by atoms with Crippen LogP contribution in [0.2, 0.25) is 5.02 Å². The summed E-state index contributed by atoms with van der Waals surface area (Å²) in [6.07, 6.45) is -0.230. The molecule has 1 fully saturated rings. The lowest BCUT2D eigenvalue weighted by atomic mass is 10.1. The summed E-state index contributed by atoms with van der Waals surface area (Å²) in [6.45, 7) is -0.454. The van der Waals surface area contributed by atoms with E-state index in [0.717, 1.165) is 4.90 Å². The second kappa shape index (κ2) is 9.07. The minimum Gasteiger partial charge on any atom is -0.351 e. The Morgan fingerprint density at radius 2 is 1.91 bits per heavy atom. The molecule has 0 spiro atoms. The van der Waals surface area contributed by atoms with E-state index < -0.39 is 36.0 Å². The number of nitrogens with one attached hydrogen (secondary N) is 2. The number of fused-ring (bicyclic) bond motifs is 1. The lowest BCUT2D eigenvalue weighted by molar-refractivity contribution is -0.124. The number of carbonyl (C=O) groups is 3. The molecular formula is C22H20ClF2N5O3. The van der Waals surface area contributed by atoms with Crippen molar-refractivity contribution >= 4 is 46.2 Å². The van der Waals surface area contributed by atoms with Crippen LogP contribution in [0.15, 0.2) is 48.7 Å². The Hall–Kier alpha value is -3.66. The Morgan fingerprint density at radius 3 is 2.67 bits per heavy atom. The van der Waals surface area contributed by atoms with Crippen LogP contribution >= 0.6 is 11.6 Å². The lowest BCUT2D eigenvalue weighted by Crippen LogP contribution is -2.47. The smallest absolute Gasteiger partial charge is 0.323 e. The minimum atomic E-state index is -1.40. The van der Waals surface area contributed by atoms with Gasteiger partial charge in [-0.2, -0.15) is 0 Å². The minimum absolute atomic E-state index is 0.0810. The van der Waals surface area contributed by atoms with Crippen molar-refractivity contribution in [1.29, 1.82) is 0 Å². The summed E-state index contributed by atoms with van der Waals surface area (Å²) < 4.78 is 29.4. The monoisotopic (exact) mass is 475 g/mol. The Bertz CT molecular complexity index is 1250. The number of anilines is 1. The summed E-state index contributed by atoms with van der Waals surface area (Å²) in [6, 6.07) is 8.64. The number of nitrogens with two attached hydrogens (primary N) is 1. The fourth-order valence-electron chi connectivity index (χ4n) is 3.89. The third-order valence-electron chi connectivity index (χ3n) is 5.49. The van der Waals surface area contributed by atoms with Crippen LogP contribution in [0.4, 0.5) is 24.1 Å². The third-order valence-corrected chi connectivity index (χ3v) is 5.78. The highest BCUT2D eigenvalue weighted by molar-refractivity contribution is 6.30. The number of carbonyl (C=O) groups excluding carboxylic acids is 3. The van der Waals surface area contributed by atoms with E-state index in [1.165, 1.54) is 22.9 Å². The Kier molecular flexibility index (Phi) is 6.19. The topological polar surface area (TPSA) is 109 Å². The van der Waals surface area contributed by atoms with Crippen molar-refractivity contribution in [3.63, 3.8) is 0 Å². The van der Waals surface area contributed by atoms with Gasteiger partial charge in [0.1, 0.15) is 18.0 Å². The Balaban J connectivity index is 1.50. The maximum Gasteiger partial charge on any atom is 0.323 e. The maximum absolute atomic E-state index is 14.2. The number of halogens is 3. The average molecular weight is 476 g/mol. The average Bonchev–Trinajstić information content (AvgIpc) is 3.36. The molecule has 33 heavy (non-hydrogen) atoms. The molecule has 4 rings (SSSR count). The maximum atomic E-state index is 14.2. The molecule has 11 heteroatoms. The third kappa shape index (κ3) is 4.47. The van der Waals surface area contributed by atoms with Gasteiger partial charge in [-0.3, -0.25) is 9.36 Å². The second-order valence-electron chi connectivity index (χ2n) is 7.63. The van der Waals surface area contributed by atoms with Gasteiger partial charge in [-0.1, -0.05) is 41.9 Å². The summed E-state index contributed by atoms with van der Waals surface area (Å²) in [7, 11) is 0. The van der Waals surface area contributed by atoms with Crippen LogP contribution in [0.1, 0.15) is 12.0 Å². The van der Waals surface area contributed by atoms with Gasteiger partial charge in [-0.05, 0) is 12.1 Å². The molecule has 2 aromatic carbocycles. The van der Waals surface area contributed by atoms with Crippen molar-refractivity contribution in [2.75, 3.05) is 11.9 Å². The van der Waals surface area contributed by atoms with Crippen molar-refractivity contribution in [3.8, 4) is 0 Å². The van der Waals surface area contributed by atoms with Gasteiger partial charge >= 0.3 is 12.1 Å². The van der Waals surface area contributed by atoms with E-state index in [2.05, 4.69) is 10.6 Å². The molecule has 0 bridgehead atoms. The quantitative estimate of drug-likeness (QED) is 0.536. The fourth-order valence-corrected chi connectivity index (χ4v) is 4.09. The molecule has 0 unspecified atom stereocenters. The van der Waals surface area contributed by atoms with E-state index in [9.17, 15) is 23.2 Å². The number of alkyl halides is 1. The number of likely N-dealkylation sites (tertiary alicyclic amines) is 1. The van der Waals surface area contributed by atoms with Crippen LogP contribution in [0.25, 0.3) is 10.9 Å². The van der Waals surface area contributed by atoms with Crippen molar-refractivity contribution in [2.45, 2.75) is 25.2 Å². The highest BCUT2D eigenvalue weighted by Gasteiger charge is 2.40. The molecule has 1 aliphatic heterocycles. The number of benzene rings is 2. The van der Waals surface area contributed by atoms with Crippen molar-refractivity contribution < 1.29 is 23.2 Å². The van der Waals surface area contributed by atoms with Gasteiger partial charge in [0.25, 0.3) is 0 Å². The molecule has 0 aliphatic carbocycles. The van der Waals surface area contributed by atoms with E-state index in [1.807, 2.05) is 0 Å². The summed E-state index contributed by atoms with van der Waals surface area (Å²) >= 11 is 5.75.